The molecule has 1 aliphatic heterocycles. The van der Waals surface area contributed by atoms with E-state index in [1.54, 1.807) is 11.3 Å². The van der Waals surface area contributed by atoms with E-state index in [1.165, 1.54) is 11.0 Å². The lowest BCUT2D eigenvalue weighted by Gasteiger charge is -2.22. The largest absolute Gasteiger partial charge is 0.336 e. The number of hydrogen-bond donors (Lipinski definition) is 0. The topological polar surface area (TPSA) is 20.3 Å². The van der Waals surface area contributed by atoms with Gasteiger partial charge in [0.2, 0.25) is 5.91 Å². The van der Waals surface area contributed by atoms with Crippen molar-refractivity contribution in [1.82, 2.24) is 4.90 Å². The Hall–Kier alpha value is -1.09. The standard InChI is InChI=1S/C12H15NOS/c1-2-12(14)13-7-3-5-10(13)9-11-6-4-8-15-11/h2,4,6,8,10H,1,3,5,7,9H2/t10-/m1/s1. The highest BCUT2D eigenvalue weighted by Crippen LogP contribution is 2.23. The van der Waals surface area contributed by atoms with Crippen molar-refractivity contribution in [3.8, 4) is 0 Å². The van der Waals surface area contributed by atoms with Gasteiger partial charge in [-0.15, -0.1) is 11.3 Å². The van der Waals surface area contributed by atoms with Gasteiger partial charge in [0.1, 0.15) is 0 Å². The molecule has 1 aromatic heterocycles. The van der Waals surface area contributed by atoms with E-state index >= 15 is 0 Å². The average molecular weight is 221 g/mol. The van der Waals surface area contributed by atoms with Crippen molar-refractivity contribution < 1.29 is 4.79 Å². The second-order valence-electron chi connectivity index (χ2n) is 3.82. The van der Waals surface area contributed by atoms with E-state index in [-0.39, 0.29) is 5.91 Å². The lowest BCUT2D eigenvalue weighted by atomic mass is 10.1. The van der Waals surface area contributed by atoms with Crippen LogP contribution in [0.4, 0.5) is 0 Å². The van der Waals surface area contributed by atoms with Crippen molar-refractivity contribution in [2.45, 2.75) is 25.3 Å². The summed E-state index contributed by atoms with van der Waals surface area (Å²) in [5.74, 6) is 0.0778. The molecule has 0 bridgehead atoms. The van der Waals surface area contributed by atoms with Crippen molar-refractivity contribution in [2.24, 2.45) is 0 Å². The molecule has 2 rings (SSSR count). The van der Waals surface area contributed by atoms with Gasteiger partial charge in [-0.2, -0.15) is 0 Å². The van der Waals surface area contributed by atoms with Crippen LogP contribution in [0.1, 0.15) is 17.7 Å². The SMILES string of the molecule is C=CC(=O)N1CCC[C@@H]1Cc1cccs1. The van der Waals surface area contributed by atoms with Gasteiger partial charge >= 0.3 is 0 Å². The van der Waals surface area contributed by atoms with Crippen LogP contribution in [0.3, 0.4) is 0 Å². The molecule has 1 atom stereocenters. The lowest BCUT2D eigenvalue weighted by molar-refractivity contribution is -0.126. The zero-order valence-corrected chi connectivity index (χ0v) is 9.50. The third kappa shape index (κ3) is 2.29. The van der Waals surface area contributed by atoms with Gasteiger partial charge in [-0.3, -0.25) is 4.79 Å². The van der Waals surface area contributed by atoms with Crippen LogP contribution in [-0.4, -0.2) is 23.4 Å². The Bertz CT molecular complexity index is 345. The summed E-state index contributed by atoms with van der Waals surface area (Å²) >= 11 is 1.77. The van der Waals surface area contributed by atoms with Crippen molar-refractivity contribution in [1.29, 1.82) is 0 Å². The Morgan fingerprint density at radius 3 is 3.27 bits per heavy atom. The normalized spacial score (nSPS) is 20.5. The number of carbonyl (C=O) groups excluding carboxylic acids is 1. The number of amides is 1. The quantitative estimate of drug-likeness (QED) is 0.718. The minimum atomic E-state index is 0.0778. The highest BCUT2D eigenvalue weighted by Gasteiger charge is 2.27. The van der Waals surface area contributed by atoms with Gasteiger partial charge < -0.3 is 4.90 Å². The first-order chi connectivity index (χ1) is 7.31. The van der Waals surface area contributed by atoms with Gasteiger partial charge in [-0.1, -0.05) is 12.6 Å². The second kappa shape index (κ2) is 4.62. The van der Waals surface area contributed by atoms with Crippen molar-refractivity contribution in [2.75, 3.05) is 6.54 Å². The molecule has 1 amide bonds. The lowest BCUT2D eigenvalue weighted by Crippen LogP contribution is -2.35. The molecule has 15 heavy (non-hydrogen) atoms. The third-order valence-electron chi connectivity index (χ3n) is 2.85. The Balaban J connectivity index is 2.02. The molecule has 0 radical (unpaired) electrons. The van der Waals surface area contributed by atoms with Gasteiger partial charge in [0.25, 0.3) is 0 Å². The fourth-order valence-electron chi connectivity index (χ4n) is 2.12. The molecule has 0 aromatic carbocycles. The van der Waals surface area contributed by atoms with Crippen LogP contribution >= 0.6 is 11.3 Å². The van der Waals surface area contributed by atoms with Crippen molar-refractivity contribution in [3.63, 3.8) is 0 Å². The molecule has 1 fully saturated rings. The van der Waals surface area contributed by atoms with Crippen molar-refractivity contribution in [3.05, 3.63) is 35.0 Å². The molecule has 0 spiro atoms. The number of hydrogen-bond acceptors (Lipinski definition) is 2. The number of thiophene rings is 1. The van der Waals surface area contributed by atoms with Gasteiger partial charge in [-0.25, -0.2) is 0 Å². The molecule has 2 nitrogen and oxygen atoms in total. The number of carbonyl (C=O) groups is 1. The van der Waals surface area contributed by atoms with E-state index < -0.39 is 0 Å². The van der Waals surface area contributed by atoms with Crippen LogP contribution in [0, 0.1) is 0 Å². The molecule has 1 aromatic rings. The van der Waals surface area contributed by atoms with Gasteiger partial charge in [-0.05, 0) is 30.4 Å². The Kier molecular flexibility index (Phi) is 3.21. The summed E-state index contributed by atoms with van der Waals surface area (Å²) in [4.78, 5) is 14.9. The zero-order chi connectivity index (χ0) is 10.7. The van der Waals surface area contributed by atoms with Crippen molar-refractivity contribution >= 4 is 17.2 Å². The van der Waals surface area contributed by atoms with E-state index in [0.29, 0.717) is 6.04 Å². The zero-order valence-electron chi connectivity index (χ0n) is 8.69. The van der Waals surface area contributed by atoms with E-state index in [0.717, 1.165) is 25.8 Å². The molecule has 80 valence electrons. The summed E-state index contributed by atoms with van der Waals surface area (Å²) in [5, 5.41) is 2.09. The van der Waals surface area contributed by atoms with Crippen LogP contribution < -0.4 is 0 Å². The summed E-state index contributed by atoms with van der Waals surface area (Å²) in [7, 11) is 0. The maximum Gasteiger partial charge on any atom is 0.246 e. The molecule has 2 heterocycles. The molecule has 3 heteroatoms. The monoisotopic (exact) mass is 221 g/mol. The van der Waals surface area contributed by atoms with E-state index in [2.05, 4.69) is 24.1 Å². The van der Waals surface area contributed by atoms with Gasteiger partial charge in [0.05, 0.1) is 0 Å². The van der Waals surface area contributed by atoms with E-state index in [1.807, 2.05) is 4.90 Å². The van der Waals surface area contributed by atoms with Crippen LogP contribution in [0.15, 0.2) is 30.2 Å². The summed E-state index contributed by atoms with van der Waals surface area (Å²) in [6, 6.07) is 4.59. The third-order valence-corrected chi connectivity index (χ3v) is 3.75. The predicted molar refractivity (Wildman–Crippen MR) is 63.0 cm³/mol. The van der Waals surface area contributed by atoms with Crippen LogP contribution in [0.5, 0.6) is 0 Å². The maximum atomic E-state index is 11.6. The number of rotatable bonds is 3. The first-order valence-electron chi connectivity index (χ1n) is 5.26. The molecule has 0 N–H and O–H groups in total. The average Bonchev–Trinajstić information content (AvgIpc) is 2.88. The molecular formula is C12H15NOS. The summed E-state index contributed by atoms with van der Waals surface area (Å²) in [6.45, 7) is 4.44. The predicted octanol–water partition coefficient (Wildman–Crippen LogP) is 2.47. The highest BCUT2D eigenvalue weighted by atomic mass is 32.1. The molecule has 1 saturated heterocycles. The number of nitrogens with zero attached hydrogens (tertiary/aromatic N) is 1. The maximum absolute atomic E-state index is 11.6. The highest BCUT2D eigenvalue weighted by molar-refractivity contribution is 7.09. The van der Waals surface area contributed by atoms with E-state index in [9.17, 15) is 4.79 Å². The second-order valence-corrected chi connectivity index (χ2v) is 4.85. The first kappa shape index (κ1) is 10.4. The molecular weight excluding hydrogens is 206 g/mol. The minimum Gasteiger partial charge on any atom is -0.336 e. The Morgan fingerprint density at radius 2 is 2.60 bits per heavy atom. The van der Waals surface area contributed by atoms with E-state index in [4.69, 9.17) is 0 Å². The summed E-state index contributed by atoms with van der Waals surface area (Å²) in [5.41, 5.74) is 0. The van der Waals surface area contributed by atoms with Crippen LogP contribution in [0.2, 0.25) is 0 Å². The number of likely N-dealkylation sites (tertiary alicyclic amines) is 1. The van der Waals surface area contributed by atoms with Gasteiger partial charge in [0, 0.05) is 23.9 Å². The van der Waals surface area contributed by atoms with Crippen LogP contribution in [-0.2, 0) is 11.2 Å². The molecule has 0 unspecified atom stereocenters. The summed E-state index contributed by atoms with van der Waals surface area (Å²) in [6.07, 6.45) is 4.66. The fraction of sp³-hybridized carbons (Fsp3) is 0.417. The minimum absolute atomic E-state index is 0.0778. The smallest absolute Gasteiger partial charge is 0.246 e. The Morgan fingerprint density at radius 1 is 1.73 bits per heavy atom. The Labute approximate surface area is 94.2 Å². The summed E-state index contributed by atoms with van der Waals surface area (Å²) < 4.78 is 0. The molecule has 0 aliphatic carbocycles. The van der Waals surface area contributed by atoms with Crippen LogP contribution in [0.25, 0.3) is 0 Å². The van der Waals surface area contributed by atoms with Gasteiger partial charge in [0.15, 0.2) is 0 Å². The molecule has 0 saturated carbocycles. The fourth-order valence-corrected chi connectivity index (χ4v) is 2.89. The first-order valence-corrected chi connectivity index (χ1v) is 6.14. The molecule has 1 aliphatic rings.